The van der Waals surface area contributed by atoms with Gasteiger partial charge < -0.3 is 9.64 Å². The summed E-state index contributed by atoms with van der Waals surface area (Å²) in [6.45, 7) is 4.98. The van der Waals surface area contributed by atoms with Crippen molar-refractivity contribution in [3.63, 3.8) is 0 Å². The second-order valence-electron chi connectivity index (χ2n) is 7.19. The zero-order chi connectivity index (χ0) is 17.4. The summed E-state index contributed by atoms with van der Waals surface area (Å²) in [5.41, 5.74) is 2.17. The summed E-state index contributed by atoms with van der Waals surface area (Å²) in [4.78, 5) is 14.8. The average Bonchev–Trinajstić information content (AvgIpc) is 3.20. The average molecular weight is 343 g/mol. The van der Waals surface area contributed by atoms with E-state index in [-0.39, 0.29) is 17.1 Å². The summed E-state index contributed by atoms with van der Waals surface area (Å²) in [7, 11) is 0. The molecule has 2 aliphatic heterocycles. The van der Waals surface area contributed by atoms with E-state index in [2.05, 4.69) is 5.10 Å². The fraction of sp³-hybridized carbons (Fsp3) is 0.474. The number of amides is 1. The first-order valence-electron chi connectivity index (χ1n) is 8.76. The molecule has 1 amide bonds. The van der Waals surface area contributed by atoms with Crippen LogP contribution in [0, 0.1) is 18.2 Å². The van der Waals surface area contributed by atoms with Crippen LogP contribution < -0.4 is 0 Å². The van der Waals surface area contributed by atoms with Crippen LogP contribution in [0.4, 0.5) is 4.39 Å². The standard InChI is InChI=1S/C19H22FN3O2/c1-14-11-17(21-23(14)16-5-3-15(20)4-6-16)18(24)22-9-8-19(12-22)7-2-10-25-13-19/h3-6,11H,2,7-10,12-13H2,1H3. The van der Waals surface area contributed by atoms with Crippen molar-refractivity contribution in [2.75, 3.05) is 26.3 Å². The normalized spacial score (nSPS) is 23.4. The maximum atomic E-state index is 13.1. The molecule has 2 aromatic rings. The molecule has 25 heavy (non-hydrogen) atoms. The monoisotopic (exact) mass is 343 g/mol. The SMILES string of the molecule is Cc1cc(C(=O)N2CCC3(CCCOC3)C2)nn1-c1ccc(F)cc1. The first-order valence-corrected chi connectivity index (χ1v) is 8.76. The zero-order valence-electron chi connectivity index (χ0n) is 14.4. The minimum absolute atomic E-state index is 0.0357. The molecule has 132 valence electrons. The molecule has 2 fully saturated rings. The van der Waals surface area contributed by atoms with Gasteiger partial charge in [-0.2, -0.15) is 5.10 Å². The minimum Gasteiger partial charge on any atom is -0.381 e. The Morgan fingerprint density at radius 2 is 2.08 bits per heavy atom. The lowest BCUT2D eigenvalue weighted by Gasteiger charge is -2.32. The van der Waals surface area contributed by atoms with Crippen LogP contribution >= 0.6 is 0 Å². The number of aromatic nitrogens is 2. The summed E-state index contributed by atoms with van der Waals surface area (Å²) in [6.07, 6.45) is 3.19. The van der Waals surface area contributed by atoms with Gasteiger partial charge in [0.2, 0.25) is 0 Å². The Hall–Kier alpha value is -2.21. The smallest absolute Gasteiger partial charge is 0.274 e. The summed E-state index contributed by atoms with van der Waals surface area (Å²) in [5, 5.41) is 4.46. The fourth-order valence-corrected chi connectivity index (χ4v) is 3.93. The van der Waals surface area contributed by atoms with Gasteiger partial charge >= 0.3 is 0 Å². The number of nitrogens with zero attached hydrogens (tertiary/aromatic N) is 3. The van der Waals surface area contributed by atoms with Crippen LogP contribution in [-0.2, 0) is 4.74 Å². The molecule has 6 heteroatoms. The molecule has 0 N–H and O–H groups in total. The molecule has 0 radical (unpaired) electrons. The van der Waals surface area contributed by atoms with Gasteiger partial charge in [0.1, 0.15) is 5.82 Å². The predicted molar refractivity (Wildman–Crippen MR) is 91.3 cm³/mol. The van der Waals surface area contributed by atoms with Gasteiger partial charge in [-0.15, -0.1) is 0 Å². The summed E-state index contributed by atoms with van der Waals surface area (Å²) in [6, 6.07) is 7.91. The third-order valence-electron chi connectivity index (χ3n) is 5.31. The van der Waals surface area contributed by atoms with Gasteiger partial charge in [-0.25, -0.2) is 9.07 Å². The van der Waals surface area contributed by atoms with Crippen LogP contribution in [-0.4, -0.2) is 46.9 Å². The molecule has 1 unspecified atom stereocenters. The van der Waals surface area contributed by atoms with Gasteiger partial charge in [-0.05, 0) is 56.5 Å². The highest BCUT2D eigenvalue weighted by molar-refractivity contribution is 5.92. The Labute approximate surface area is 146 Å². The molecule has 1 aromatic heterocycles. The number of carbonyl (C=O) groups is 1. The minimum atomic E-state index is -0.290. The third kappa shape index (κ3) is 3.06. The van der Waals surface area contributed by atoms with E-state index in [0.717, 1.165) is 56.9 Å². The maximum Gasteiger partial charge on any atom is 0.274 e. The largest absolute Gasteiger partial charge is 0.381 e. The van der Waals surface area contributed by atoms with Crippen molar-refractivity contribution >= 4 is 5.91 Å². The molecule has 3 heterocycles. The first-order chi connectivity index (χ1) is 12.1. The van der Waals surface area contributed by atoms with Gasteiger partial charge in [-0.1, -0.05) is 0 Å². The van der Waals surface area contributed by atoms with E-state index in [0.29, 0.717) is 5.69 Å². The van der Waals surface area contributed by atoms with Crippen LogP contribution in [0.5, 0.6) is 0 Å². The van der Waals surface area contributed by atoms with Crippen molar-refractivity contribution in [1.29, 1.82) is 0 Å². The first kappa shape index (κ1) is 16.3. The summed E-state index contributed by atoms with van der Waals surface area (Å²) < 4.78 is 20.4. The molecule has 1 aromatic carbocycles. The molecule has 1 atom stereocenters. The van der Waals surface area contributed by atoms with Crippen molar-refractivity contribution in [2.45, 2.75) is 26.2 Å². The van der Waals surface area contributed by atoms with E-state index in [1.165, 1.54) is 12.1 Å². The van der Waals surface area contributed by atoms with E-state index >= 15 is 0 Å². The molecule has 5 nitrogen and oxygen atoms in total. The van der Waals surface area contributed by atoms with Crippen LogP contribution in [0.1, 0.15) is 35.4 Å². The van der Waals surface area contributed by atoms with Gasteiger partial charge in [0, 0.05) is 30.8 Å². The van der Waals surface area contributed by atoms with Gasteiger partial charge in [0.25, 0.3) is 5.91 Å². The molecule has 4 rings (SSSR count). The van der Waals surface area contributed by atoms with E-state index < -0.39 is 0 Å². The van der Waals surface area contributed by atoms with Crippen LogP contribution in [0.25, 0.3) is 5.69 Å². The summed E-state index contributed by atoms with van der Waals surface area (Å²) in [5.74, 6) is -0.326. The lowest BCUT2D eigenvalue weighted by atomic mass is 9.82. The molecule has 2 saturated heterocycles. The fourth-order valence-electron chi connectivity index (χ4n) is 3.93. The lowest BCUT2D eigenvalue weighted by molar-refractivity contribution is -0.00163. The molecule has 1 spiro atoms. The predicted octanol–water partition coefficient (Wildman–Crippen LogP) is 2.96. The highest BCUT2D eigenvalue weighted by Gasteiger charge is 2.41. The number of hydrogen-bond acceptors (Lipinski definition) is 3. The van der Waals surface area contributed by atoms with E-state index in [4.69, 9.17) is 4.74 Å². The number of halogens is 1. The van der Waals surface area contributed by atoms with Gasteiger partial charge in [0.05, 0.1) is 12.3 Å². The molecule has 2 aliphatic rings. The topological polar surface area (TPSA) is 47.4 Å². The van der Waals surface area contributed by atoms with Crippen LogP contribution in [0.15, 0.2) is 30.3 Å². The van der Waals surface area contributed by atoms with Crippen molar-refractivity contribution in [3.8, 4) is 5.69 Å². The zero-order valence-corrected chi connectivity index (χ0v) is 14.4. The molecular weight excluding hydrogens is 321 g/mol. The van der Waals surface area contributed by atoms with E-state index in [1.807, 2.05) is 11.8 Å². The highest BCUT2D eigenvalue weighted by atomic mass is 19.1. The number of likely N-dealkylation sites (tertiary alicyclic amines) is 1. The Balaban J connectivity index is 1.53. The number of rotatable bonds is 2. The third-order valence-corrected chi connectivity index (χ3v) is 5.31. The van der Waals surface area contributed by atoms with Crippen molar-refractivity contribution < 1.29 is 13.9 Å². The van der Waals surface area contributed by atoms with Gasteiger partial charge in [-0.3, -0.25) is 4.79 Å². The molecular formula is C19H22FN3O2. The quantitative estimate of drug-likeness (QED) is 0.842. The number of carbonyl (C=O) groups excluding carboxylic acids is 1. The van der Waals surface area contributed by atoms with Crippen molar-refractivity contribution in [2.24, 2.45) is 5.41 Å². The Morgan fingerprint density at radius 3 is 2.80 bits per heavy atom. The molecule has 0 aliphatic carbocycles. The Kier molecular flexibility index (Phi) is 4.07. The Bertz CT molecular complexity index is 778. The lowest BCUT2D eigenvalue weighted by Crippen LogP contribution is -2.37. The molecule has 0 bridgehead atoms. The van der Waals surface area contributed by atoms with E-state index in [1.54, 1.807) is 22.9 Å². The number of benzene rings is 1. The number of aryl methyl sites for hydroxylation is 1. The number of hydrogen-bond donors (Lipinski definition) is 0. The van der Waals surface area contributed by atoms with Crippen molar-refractivity contribution in [3.05, 3.63) is 47.5 Å². The van der Waals surface area contributed by atoms with Crippen molar-refractivity contribution in [1.82, 2.24) is 14.7 Å². The highest BCUT2D eigenvalue weighted by Crippen LogP contribution is 2.38. The van der Waals surface area contributed by atoms with Crippen LogP contribution in [0.2, 0.25) is 0 Å². The molecule has 0 saturated carbocycles. The van der Waals surface area contributed by atoms with E-state index in [9.17, 15) is 9.18 Å². The second-order valence-corrected chi connectivity index (χ2v) is 7.19. The second kappa shape index (κ2) is 6.26. The summed E-state index contributed by atoms with van der Waals surface area (Å²) >= 11 is 0. The Morgan fingerprint density at radius 1 is 1.28 bits per heavy atom. The van der Waals surface area contributed by atoms with Crippen LogP contribution in [0.3, 0.4) is 0 Å². The number of ether oxygens (including phenoxy) is 1. The van der Waals surface area contributed by atoms with Gasteiger partial charge in [0.15, 0.2) is 5.69 Å². The maximum absolute atomic E-state index is 13.1.